The van der Waals surface area contributed by atoms with Gasteiger partial charge in [0.2, 0.25) is 0 Å². The molecule has 224 valence electrons. The summed E-state index contributed by atoms with van der Waals surface area (Å²) in [7, 11) is 0. The number of carbonyl (C=O) groups is 4. The summed E-state index contributed by atoms with van der Waals surface area (Å²) in [6, 6.07) is 11.7. The Kier molecular flexibility index (Phi) is 7.87. The minimum absolute atomic E-state index is 0.152. The SMILES string of the molecule is CC(=O)OC1C2CC3(OC2(C)C)C(C)CCC(OC(C)=O)C3(OC(=O)c2cccnc2)C1COC(=O)c1ccccc1. The summed E-state index contributed by atoms with van der Waals surface area (Å²) in [4.78, 5) is 56.2. The van der Waals surface area contributed by atoms with Crippen molar-refractivity contribution in [1.29, 1.82) is 0 Å². The molecule has 1 aromatic heterocycles. The number of hydrogen-bond donors (Lipinski definition) is 0. The van der Waals surface area contributed by atoms with Gasteiger partial charge in [0.05, 0.1) is 22.6 Å². The average molecular weight is 580 g/mol. The maximum Gasteiger partial charge on any atom is 0.340 e. The fraction of sp³-hybridized carbons (Fsp3) is 0.531. The van der Waals surface area contributed by atoms with Crippen molar-refractivity contribution in [2.24, 2.45) is 17.8 Å². The number of rotatable bonds is 7. The van der Waals surface area contributed by atoms with Crippen molar-refractivity contribution in [2.75, 3.05) is 6.61 Å². The third kappa shape index (κ3) is 4.95. The van der Waals surface area contributed by atoms with Crippen molar-refractivity contribution in [3.05, 3.63) is 66.0 Å². The number of ether oxygens (including phenoxy) is 5. The first kappa shape index (κ1) is 29.7. The zero-order valence-electron chi connectivity index (χ0n) is 24.5. The van der Waals surface area contributed by atoms with Crippen LogP contribution >= 0.6 is 0 Å². The predicted molar refractivity (Wildman–Crippen MR) is 148 cm³/mol. The third-order valence-corrected chi connectivity index (χ3v) is 9.18. The van der Waals surface area contributed by atoms with E-state index in [4.69, 9.17) is 23.7 Å². The van der Waals surface area contributed by atoms with E-state index in [0.717, 1.165) is 0 Å². The zero-order chi connectivity index (χ0) is 30.3. The molecule has 2 aromatic rings. The molecule has 2 bridgehead atoms. The van der Waals surface area contributed by atoms with Gasteiger partial charge in [0.25, 0.3) is 0 Å². The van der Waals surface area contributed by atoms with Crippen LogP contribution in [0.2, 0.25) is 0 Å². The number of benzene rings is 1. The second-order valence-corrected chi connectivity index (χ2v) is 12.1. The molecule has 10 nitrogen and oxygen atoms in total. The molecule has 2 aliphatic carbocycles. The lowest BCUT2D eigenvalue weighted by molar-refractivity contribution is -0.299. The lowest BCUT2D eigenvalue weighted by atomic mass is 9.51. The first-order chi connectivity index (χ1) is 19.9. The average Bonchev–Trinajstić information content (AvgIpc) is 3.22. The van der Waals surface area contributed by atoms with Crippen LogP contribution in [0.25, 0.3) is 0 Å². The molecule has 0 amide bonds. The Hall–Kier alpha value is -3.79. The molecule has 0 radical (unpaired) electrons. The van der Waals surface area contributed by atoms with Crippen molar-refractivity contribution in [2.45, 2.75) is 82.9 Å². The molecular weight excluding hydrogens is 542 g/mol. The van der Waals surface area contributed by atoms with E-state index in [1.165, 1.54) is 26.2 Å². The van der Waals surface area contributed by atoms with E-state index in [-0.39, 0.29) is 24.0 Å². The highest BCUT2D eigenvalue weighted by Crippen LogP contribution is 2.66. The Bertz CT molecular complexity index is 1350. The summed E-state index contributed by atoms with van der Waals surface area (Å²) in [6.07, 6.45) is 2.42. The molecule has 7 unspecified atom stereocenters. The highest BCUT2D eigenvalue weighted by atomic mass is 16.6. The topological polar surface area (TPSA) is 127 Å². The van der Waals surface area contributed by atoms with Crippen LogP contribution in [0.5, 0.6) is 0 Å². The summed E-state index contributed by atoms with van der Waals surface area (Å²) in [5, 5.41) is 0. The normalized spacial score (nSPS) is 32.6. The van der Waals surface area contributed by atoms with E-state index in [1.807, 2.05) is 20.8 Å². The van der Waals surface area contributed by atoms with Crippen molar-refractivity contribution in [3.63, 3.8) is 0 Å². The Morgan fingerprint density at radius 3 is 2.26 bits per heavy atom. The Morgan fingerprint density at radius 2 is 1.62 bits per heavy atom. The van der Waals surface area contributed by atoms with Crippen molar-refractivity contribution in [1.82, 2.24) is 4.98 Å². The molecule has 1 spiro atoms. The number of nitrogens with zero attached hydrogens (tertiary/aromatic N) is 1. The Morgan fingerprint density at radius 1 is 0.929 bits per heavy atom. The molecule has 1 aliphatic heterocycles. The number of esters is 4. The van der Waals surface area contributed by atoms with Crippen molar-refractivity contribution < 1.29 is 42.9 Å². The zero-order valence-corrected chi connectivity index (χ0v) is 24.5. The Balaban J connectivity index is 1.70. The quantitative estimate of drug-likeness (QED) is 0.346. The van der Waals surface area contributed by atoms with Crippen LogP contribution in [0.4, 0.5) is 0 Å². The van der Waals surface area contributed by atoms with Crippen molar-refractivity contribution >= 4 is 23.9 Å². The standard InChI is InChI=1S/C32H37NO9/c1-19-13-14-26(39-20(2)34)32(41-29(37)23-12-9-15-33-17-23)25(18-38-28(36)22-10-7-6-8-11-22)27(40-21(3)35)24-16-31(19,32)42-30(24,4)5/h6-12,15,17,19,24-27H,13-14,16,18H2,1-5H3. The maximum atomic E-state index is 13.9. The summed E-state index contributed by atoms with van der Waals surface area (Å²) >= 11 is 0. The van der Waals surface area contributed by atoms with Crippen molar-refractivity contribution in [3.8, 4) is 0 Å². The van der Waals surface area contributed by atoms with Gasteiger partial charge in [-0.3, -0.25) is 14.6 Å². The highest BCUT2D eigenvalue weighted by molar-refractivity contribution is 5.90. The molecule has 2 heterocycles. The molecule has 2 saturated carbocycles. The molecular formula is C32H37NO9. The van der Waals surface area contributed by atoms with Gasteiger partial charge in [0.15, 0.2) is 5.60 Å². The lowest BCUT2D eigenvalue weighted by Crippen LogP contribution is -2.76. The summed E-state index contributed by atoms with van der Waals surface area (Å²) < 4.78 is 31.3. The third-order valence-electron chi connectivity index (χ3n) is 9.18. The monoisotopic (exact) mass is 579 g/mol. The smallest absolute Gasteiger partial charge is 0.340 e. The van der Waals surface area contributed by atoms with E-state index in [1.54, 1.807) is 42.5 Å². The first-order valence-electron chi connectivity index (χ1n) is 14.3. The predicted octanol–water partition coefficient (Wildman–Crippen LogP) is 4.31. The van der Waals surface area contributed by atoms with E-state index >= 15 is 0 Å². The van der Waals surface area contributed by atoms with Gasteiger partial charge in [-0.25, -0.2) is 9.59 Å². The molecule has 5 rings (SSSR count). The summed E-state index contributed by atoms with van der Waals surface area (Å²) in [5.41, 5.74) is -3.12. The second kappa shape index (κ2) is 11.1. The molecule has 10 heteroatoms. The maximum absolute atomic E-state index is 13.9. The van der Waals surface area contributed by atoms with Crippen LogP contribution in [-0.4, -0.2) is 64.5 Å². The van der Waals surface area contributed by atoms with Gasteiger partial charge in [-0.2, -0.15) is 0 Å². The van der Waals surface area contributed by atoms with E-state index < -0.39 is 58.8 Å². The molecule has 7 atom stereocenters. The van der Waals surface area contributed by atoms with Gasteiger partial charge in [-0.1, -0.05) is 25.1 Å². The molecule has 1 saturated heterocycles. The first-order valence-corrected chi connectivity index (χ1v) is 14.3. The van der Waals surface area contributed by atoms with Gasteiger partial charge < -0.3 is 23.7 Å². The van der Waals surface area contributed by atoms with Crippen LogP contribution in [-0.2, 0) is 33.3 Å². The van der Waals surface area contributed by atoms with Gasteiger partial charge in [0, 0.05) is 32.2 Å². The molecule has 42 heavy (non-hydrogen) atoms. The fourth-order valence-electron chi connectivity index (χ4n) is 7.46. The van der Waals surface area contributed by atoms with Crippen LogP contribution < -0.4 is 0 Å². The summed E-state index contributed by atoms with van der Waals surface area (Å²) in [5.74, 6) is -3.82. The largest absolute Gasteiger partial charge is 0.462 e. The van der Waals surface area contributed by atoms with E-state index in [9.17, 15) is 19.2 Å². The van der Waals surface area contributed by atoms with Crippen LogP contribution in [0, 0.1) is 17.8 Å². The van der Waals surface area contributed by atoms with Crippen LogP contribution in [0.1, 0.15) is 74.6 Å². The highest BCUT2D eigenvalue weighted by Gasteiger charge is 2.80. The van der Waals surface area contributed by atoms with Gasteiger partial charge >= 0.3 is 23.9 Å². The Labute approximate surface area is 245 Å². The molecule has 3 aliphatic rings. The summed E-state index contributed by atoms with van der Waals surface area (Å²) in [6.45, 7) is 8.16. The number of fused-ring (bicyclic) bond motifs is 1. The van der Waals surface area contributed by atoms with E-state index in [0.29, 0.717) is 24.8 Å². The number of carbonyl (C=O) groups excluding carboxylic acids is 4. The van der Waals surface area contributed by atoms with Crippen LogP contribution in [0.15, 0.2) is 54.9 Å². The van der Waals surface area contributed by atoms with Gasteiger partial charge in [-0.15, -0.1) is 0 Å². The lowest BCUT2D eigenvalue weighted by Gasteiger charge is -2.61. The fourth-order valence-corrected chi connectivity index (χ4v) is 7.46. The molecule has 1 aromatic carbocycles. The molecule has 0 N–H and O–H groups in total. The van der Waals surface area contributed by atoms with E-state index in [2.05, 4.69) is 4.98 Å². The second-order valence-electron chi connectivity index (χ2n) is 12.1. The number of aromatic nitrogens is 1. The van der Waals surface area contributed by atoms with Gasteiger partial charge in [0.1, 0.15) is 24.4 Å². The van der Waals surface area contributed by atoms with Crippen LogP contribution in [0.3, 0.4) is 0 Å². The number of hydrogen-bond acceptors (Lipinski definition) is 10. The number of pyridine rings is 1. The van der Waals surface area contributed by atoms with Gasteiger partial charge in [-0.05, 0) is 63.3 Å². The molecule has 3 fully saturated rings. The minimum atomic E-state index is -1.68. The minimum Gasteiger partial charge on any atom is -0.462 e.